The van der Waals surface area contributed by atoms with E-state index >= 15 is 0 Å². The summed E-state index contributed by atoms with van der Waals surface area (Å²) in [6.07, 6.45) is 4.74. The lowest BCUT2D eigenvalue weighted by molar-refractivity contribution is 0.0386. The van der Waals surface area contributed by atoms with Crippen molar-refractivity contribution < 1.29 is 4.74 Å². The lowest BCUT2D eigenvalue weighted by Crippen LogP contribution is -2.27. The van der Waals surface area contributed by atoms with Gasteiger partial charge in [-0.3, -0.25) is 0 Å². The van der Waals surface area contributed by atoms with Crippen molar-refractivity contribution in [2.24, 2.45) is 5.73 Å². The summed E-state index contributed by atoms with van der Waals surface area (Å²) in [5, 5.41) is 0. The van der Waals surface area contributed by atoms with Crippen LogP contribution < -0.4 is 5.73 Å². The van der Waals surface area contributed by atoms with Gasteiger partial charge < -0.3 is 10.5 Å². The largest absolute Gasteiger partial charge is 0.364 e. The normalized spacial score (nSPS) is 33.0. The fourth-order valence-electron chi connectivity index (χ4n) is 0.586. The van der Waals surface area contributed by atoms with Crippen molar-refractivity contribution in [2.75, 3.05) is 6.61 Å². The summed E-state index contributed by atoms with van der Waals surface area (Å²) in [5.41, 5.74) is 5.35. The van der Waals surface area contributed by atoms with E-state index in [2.05, 4.69) is 6.42 Å². The Hall–Kier alpha value is -0.0800. The summed E-state index contributed by atoms with van der Waals surface area (Å²) in [5.74, 6) is 0. The predicted octanol–water partition coefficient (Wildman–Crippen LogP) is 0.163. The average Bonchev–Trinajstić information content (AvgIpc) is 1.69. The van der Waals surface area contributed by atoms with Crippen molar-refractivity contribution in [1.29, 1.82) is 0 Å². The highest BCUT2D eigenvalue weighted by Gasteiger charge is 2.06. The van der Waals surface area contributed by atoms with Crippen LogP contribution in [0.4, 0.5) is 0 Å². The molecule has 0 aromatic rings. The third-order valence-electron chi connectivity index (χ3n) is 0.956. The van der Waals surface area contributed by atoms with Crippen LogP contribution in [-0.2, 0) is 4.74 Å². The number of nitrogens with two attached hydrogens (primary N) is 1. The average molecular weight is 99.1 g/mol. The molecule has 7 heavy (non-hydrogen) atoms. The molecule has 1 rings (SSSR count). The molecule has 0 aliphatic carbocycles. The van der Waals surface area contributed by atoms with Crippen molar-refractivity contribution in [2.45, 2.75) is 19.1 Å². The Kier molecular flexibility index (Phi) is 1.65. The first kappa shape index (κ1) is 5.06. The van der Waals surface area contributed by atoms with E-state index in [1.54, 1.807) is 0 Å². The fraction of sp³-hybridized carbons (Fsp3) is 0.800. The number of hydrogen-bond acceptors (Lipinski definition) is 2. The zero-order valence-electron chi connectivity index (χ0n) is 4.18. The topological polar surface area (TPSA) is 35.2 Å². The zero-order valence-corrected chi connectivity index (χ0v) is 4.18. The van der Waals surface area contributed by atoms with Crippen LogP contribution in [0.25, 0.3) is 0 Å². The van der Waals surface area contributed by atoms with E-state index < -0.39 is 0 Å². The molecule has 1 fully saturated rings. The first-order valence-corrected chi connectivity index (χ1v) is 2.47. The maximum Gasteiger partial charge on any atom is 0.106 e. The molecule has 2 radical (unpaired) electrons. The summed E-state index contributed by atoms with van der Waals surface area (Å²) >= 11 is 0. The van der Waals surface area contributed by atoms with E-state index in [1.165, 1.54) is 0 Å². The van der Waals surface area contributed by atoms with Crippen molar-refractivity contribution >= 4 is 0 Å². The maximum atomic E-state index is 5.35. The Morgan fingerprint density at radius 3 is 2.86 bits per heavy atom. The molecule has 1 aliphatic rings. The van der Waals surface area contributed by atoms with Crippen molar-refractivity contribution in [3.63, 3.8) is 0 Å². The molecule has 1 saturated heterocycles. The predicted molar refractivity (Wildman–Crippen MR) is 26.4 cm³/mol. The van der Waals surface area contributed by atoms with E-state index in [0.29, 0.717) is 0 Å². The molecule has 1 aliphatic heterocycles. The molecule has 0 bridgehead atoms. The highest BCUT2D eigenvalue weighted by Crippen LogP contribution is 2.05. The molecule has 0 spiro atoms. The van der Waals surface area contributed by atoms with Gasteiger partial charge in [0.15, 0.2) is 0 Å². The lowest BCUT2D eigenvalue weighted by atomic mass is 10.2. The molecule has 0 saturated carbocycles. The number of hydrogen-bond donors (Lipinski definition) is 1. The van der Waals surface area contributed by atoms with Gasteiger partial charge in [-0.1, -0.05) is 0 Å². The van der Waals surface area contributed by atoms with E-state index in [9.17, 15) is 0 Å². The first-order chi connectivity index (χ1) is 3.39. The number of ether oxygens (including phenoxy) is 1. The second-order valence-electron chi connectivity index (χ2n) is 1.61. The van der Waals surface area contributed by atoms with Crippen LogP contribution >= 0.6 is 0 Å². The third-order valence-corrected chi connectivity index (χ3v) is 0.956. The Labute approximate surface area is 43.6 Å². The molecule has 2 N–H and O–H groups in total. The summed E-state index contributed by atoms with van der Waals surface area (Å²) in [6.45, 7) is 0.751. The molecule has 1 unspecified atom stereocenters. The van der Waals surface area contributed by atoms with Gasteiger partial charge in [-0.05, 0) is 19.3 Å². The summed E-state index contributed by atoms with van der Waals surface area (Å²) in [7, 11) is 0. The zero-order chi connectivity index (χ0) is 5.11. The third kappa shape index (κ3) is 1.45. The van der Waals surface area contributed by atoms with Crippen LogP contribution in [0.5, 0.6) is 0 Å². The van der Waals surface area contributed by atoms with E-state index in [-0.39, 0.29) is 6.23 Å². The van der Waals surface area contributed by atoms with Crippen LogP contribution in [0.1, 0.15) is 12.8 Å². The molecule has 0 aromatic carbocycles. The van der Waals surface area contributed by atoms with Crippen LogP contribution in [0.2, 0.25) is 0 Å². The summed E-state index contributed by atoms with van der Waals surface area (Å²) < 4.78 is 4.99. The Morgan fingerprint density at radius 2 is 2.57 bits per heavy atom. The van der Waals surface area contributed by atoms with E-state index in [0.717, 1.165) is 19.4 Å². The minimum Gasteiger partial charge on any atom is -0.364 e. The molecule has 0 aromatic heterocycles. The smallest absolute Gasteiger partial charge is 0.106 e. The molecule has 0 amide bonds. The Bertz CT molecular complexity index is 50.0. The second-order valence-corrected chi connectivity index (χ2v) is 1.61. The Balaban J connectivity index is 2.12. The van der Waals surface area contributed by atoms with Crippen molar-refractivity contribution in [1.82, 2.24) is 0 Å². The summed E-state index contributed by atoms with van der Waals surface area (Å²) in [6, 6.07) is 0. The van der Waals surface area contributed by atoms with Gasteiger partial charge in [0.1, 0.15) is 6.23 Å². The Morgan fingerprint density at radius 1 is 1.71 bits per heavy atom. The van der Waals surface area contributed by atoms with Gasteiger partial charge in [0.2, 0.25) is 0 Å². The second kappa shape index (κ2) is 2.28. The standard InChI is InChI=1S/C5H9NO/c6-5-3-1-2-4-7-5/h5H,2-4,6H2. The quantitative estimate of drug-likeness (QED) is 0.469. The lowest BCUT2D eigenvalue weighted by Gasteiger charge is -2.16. The van der Waals surface area contributed by atoms with Crippen molar-refractivity contribution in [3.05, 3.63) is 6.42 Å². The van der Waals surface area contributed by atoms with E-state index in [1.807, 2.05) is 0 Å². The molecule has 40 valence electrons. The summed E-state index contributed by atoms with van der Waals surface area (Å²) in [4.78, 5) is 0. The van der Waals surface area contributed by atoms with Crippen LogP contribution in [0.15, 0.2) is 0 Å². The highest BCUT2D eigenvalue weighted by molar-refractivity contribution is 4.71. The van der Waals surface area contributed by atoms with Crippen LogP contribution in [0, 0.1) is 6.42 Å². The van der Waals surface area contributed by atoms with Gasteiger partial charge in [-0.2, -0.15) is 0 Å². The van der Waals surface area contributed by atoms with Gasteiger partial charge in [0, 0.05) is 6.61 Å². The van der Waals surface area contributed by atoms with Gasteiger partial charge in [-0.15, -0.1) is 0 Å². The van der Waals surface area contributed by atoms with Crippen LogP contribution in [0.3, 0.4) is 0 Å². The molecule has 1 atom stereocenters. The molecule has 2 nitrogen and oxygen atoms in total. The molecule has 2 heteroatoms. The molecular weight excluding hydrogens is 90.1 g/mol. The monoisotopic (exact) mass is 99.1 g/mol. The SMILES string of the molecule is NC1C[C]CCO1. The fourth-order valence-corrected chi connectivity index (χ4v) is 0.586. The van der Waals surface area contributed by atoms with Gasteiger partial charge in [-0.25, -0.2) is 0 Å². The van der Waals surface area contributed by atoms with Crippen LogP contribution in [-0.4, -0.2) is 12.8 Å². The van der Waals surface area contributed by atoms with Crippen molar-refractivity contribution in [3.8, 4) is 0 Å². The molecular formula is C5H9NO. The van der Waals surface area contributed by atoms with Gasteiger partial charge in [0.05, 0.1) is 0 Å². The number of rotatable bonds is 0. The van der Waals surface area contributed by atoms with Gasteiger partial charge in [0.25, 0.3) is 0 Å². The minimum atomic E-state index is -0.0752. The van der Waals surface area contributed by atoms with E-state index in [4.69, 9.17) is 10.5 Å². The first-order valence-electron chi connectivity index (χ1n) is 2.47. The van der Waals surface area contributed by atoms with Gasteiger partial charge >= 0.3 is 0 Å². The maximum absolute atomic E-state index is 5.35. The highest BCUT2D eigenvalue weighted by atomic mass is 16.5. The minimum absolute atomic E-state index is 0.0752. The molecule has 1 heterocycles.